The van der Waals surface area contributed by atoms with E-state index in [-0.39, 0.29) is 52.6 Å². The van der Waals surface area contributed by atoms with E-state index in [4.69, 9.17) is 57.6 Å². The molecule has 0 aliphatic carbocycles. The van der Waals surface area contributed by atoms with E-state index in [1.54, 1.807) is 43.3 Å². The van der Waals surface area contributed by atoms with Gasteiger partial charge in [0.05, 0.1) is 21.2 Å². The average Bonchev–Trinajstić information content (AvgIpc) is 3.61. The van der Waals surface area contributed by atoms with Gasteiger partial charge >= 0.3 is 12.4 Å². The van der Waals surface area contributed by atoms with Gasteiger partial charge in [0.1, 0.15) is 34.9 Å². The van der Waals surface area contributed by atoms with Crippen LogP contribution >= 0.6 is 86.9 Å². The zero-order valence-electron chi connectivity index (χ0n) is 44.3. The van der Waals surface area contributed by atoms with Crippen LogP contribution in [-0.2, 0) is 44.5 Å². The topological polar surface area (TPSA) is 168 Å². The smallest absolute Gasteiger partial charge is 0.330 e. The van der Waals surface area contributed by atoms with Gasteiger partial charge in [-0.1, -0.05) is 97.5 Å². The van der Waals surface area contributed by atoms with E-state index in [2.05, 4.69) is 81.2 Å². The molecule has 454 valence electrons. The minimum atomic E-state index is -4.74. The third kappa shape index (κ3) is 27.4. The lowest BCUT2D eigenvalue weighted by Gasteiger charge is -2.24. The average molecular weight is 1470 g/mol. The summed E-state index contributed by atoms with van der Waals surface area (Å²) < 4.78 is 156. The molecule has 0 spiro atoms. The van der Waals surface area contributed by atoms with Gasteiger partial charge in [0, 0.05) is 36.5 Å². The summed E-state index contributed by atoms with van der Waals surface area (Å²) in [4.78, 5) is 0. The highest BCUT2D eigenvalue weighted by Crippen LogP contribution is 2.35. The van der Waals surface area contributed by atoms with E-state index in [1.165, 1.54) is 48.0 Å². The van der Waals surface area contributed by atoms with Crippen LogP contribution in [-0.4, -0.2) is 39.3 Å². The molecule has 0 saturated carbocycles. The normalized spacial score (nSPS) is 11.7. The van der Waals surface area contributed by atoms with Crippen LogP contribution in [0.4, 0.5) is 52.7 Å². The minimum Gasteiger partial charge on any atom is -0.330 e. The summed E-state index contributed by atoms with van der Waals surface area (Å²) in [6.45, 7) is 4.33. The third-order valence-corrected chi connectivity index (χ3v) is 15.2. The number of halogens is 18. The van der Waals surface area contributed by atoms with E-state index in [9.17, 15) is 52.7 Å². The molecule has 25 heteroatoms. The summed E-state index contributed by atoms with van der Waals surface area (Å²) in [7, 11) is 0. The first kappa shape index (κ1) is 75.0. The highest BCUT2D eigenvalue weighted by Gasteiger charge is 2.35. The Hall–Kier alpha value is -4.08. The van der Waals surface area contributed by atoms with Gasteiger partial charge in [0.25, 0.3) is 0 Å². The molecule has 83 heavy (non-hydrogen) atoms. The van der Waals surface area contributed by atoms with Crippen LogP contribution in [0.2, 0.25) is 10.0 Å². The van der Waals surface area contributed by atoms with Gasteiger partial charge in [-0.3, -0.25) is 0 Å². The predicted molar refractivity (Wildman–Crippen MR) is 323 cm³/mol. The highest BCUT2D eigenvalue weighted by molar-refractivity contribution is 9.13. The lowest BCUT2D eigenvalue weighted by molar-refractivity contribution is -0.140. The molecular formula is C58H61Br4Cl2F12N7. The van der Waals surface area contributed by atoms with E-state index in [0.29, 0.717) is 60.3 Å². The van der Waals surface area contributed by atoms with Crippen molar-refractivity contribution in [3.63, 3.8) is 0 Å². The first-order valence-electron chi connectivity index (χ1n) is 24.9. The van der Waals surface area contributed by atoms with E-state index < -0.39 is 53.0 Å². The molecule has 0 heterocycles. The summed E-state index contributed by atoms with van der Waals surface area (Å²) in [5, 5.41) is 3.44. The minimum absolute atomic E-state index is 0.0291. The van der Waals surface area contributed by atoms with Crippen LogP contribution in [0.3, 0.4) is 0 Å². The largest absolute Gasteiger partial charge is 0.419 e. The van der Waals surface area contributed by atoms with Gasteiger partial charge < -0.3 is 39.7 Å². The van der Waals surface area contributed by atoms with Gasteiger partial charge in [0.2, 0.25) is 0 Å². The summed E-state index contributed by atoms with van der Waals surface area (Å²) >= 11 is 24.3. The van der Waals surface area contributed by atoms with Gasteiger partial charge in [-0.05, 0) is 227 Å². The van der Waals surface area contributed by atoms with Gasteiger partial charge in [-0.2, -0.15) is 26.3 Å². The molecule has 0 fully saturated rings. The number of hydrogen-bond acceptors (Lipinski definition) is 7. The molecule has 0 amide bonds. The molecule has 2 unspecified atom stereocenters. The van der Waals surface area contributed by atoms with Crippen molar-refractivity contribution in [2.45, 2.75) is 63.5 Å². The van der Waals surface area contributed by atoms with Crippen molar-refractivity contribution in [1.82, 2.24) is 5.32 Å². The predicted octanol–water partition coefficient (Wildman–Crippen LogP) is 16.2. The van der Waals surface area contributed by atoms with Crippen molar-refractivity contribution < 1.29 is 52.7 Å². The number of nitrogens with two attached hydrogens (primary N) is 6. The second-order valence-corrected chi connectivity index (χ2v) is 21.8. The first-order valence-corrected chi connectivity index (χ1v) is 28.9. The summed E-state index contributed by atoms with van der Waals surface area (Å²) in [6, 6.07) is 28.9. The van der Waals surface area contributed by atoms with Crippen molar-refractivity contribution in [3.8, 4) is 0 Å². The van der Waals surface area contributed by atoms with Crippen LogP contribution in [0.15, 0.2) is 145 Å². The maximum Gasteiger partial charge on any atom is 0.419 e. The standard InChI is InChI=1S/C17H16BrF5N2.C9H9F4N.C8H9Br2N.C8H9BrFN.2C8H9ClFN/c1-9(10-2-5-13(15(20)6-10)17(21,22)23)25-16(8-24)12-4-3-11(19)7-14(12)18;10-7-2-1-6(3-4-14)8(5-7)9(11,12)13;9-7-2-1-6(3-4-11)5-8(7)10;9-8-5-7(10)2-1-6(8)3-4-11;9-7-5-6(3-4-11)1-2-8(7)10;9-7-2-1-6(3-4-11)5-8(7)10/h2-7,9,16,25H,8,24H2,1H3;1-2,5H,3-4,14H2;4*1-2,5H,3-4,11H2. The molecule has 0 aliphatic rings. The van der Waals surface area contributed by atoms with E-state index >= 15 is 0 Å². The van der Waals surface area contributed by atoms with E-state index in [0.717, 1.165) is 67.6 Å². The molecular weight excluding hydrogens is 1410 g/mol. The molecule has 0 saturated heterocycles. The van der Waals surface area contributed by atoms with Crippen LogP contribution in [0, 0.1) is 34.9 Å². The first-order chi connectivity index (χ1) is 39.0. The maximum absolute atomic E-state index is 13.7. The molecule has 0 bridgehead atoms. The third-order valence-electron chi connectivity index (χ3n) is 11.3. The summed E-state index contributed by atoms with van der Waals surface area (Å²) in [6.07, 6.45) is -6.03. The van der Waals surface area contributed by atoms with Crippen LogP contribution < -0.4 is 39.7 Å². The molecule has 7 nitrogen and oxygen atoms in total. The fourth-order valence-corrected chi connectivity index (χ4v) is 9.32. The molecule has 0 radical (unpaired) electrons. The zero-order chi connectivity index (χ0) is 62.6. The van der Waals surface area contributed by atoms with E-state index in [1.807, 2.05) is 6.07 Å². The second-order valence-electron chi connectivity index (χ2n) is 17.6. The van der Waals surface area contributed by atoms with Crippen LogP contribution in [0.25, 0.3) is 0 Å². The van der Waals surface area contributed by atoms with Crippen molar-refractivity contribution in [2.24, 2.45) is 34.4 Å². The van der Waals surface area contributed by atoms with Crippen molar-refractivity contribution in [2.75, 3.05) is 39.3 Å². The molecule has 0 aliphatic heterocycles. The maximum atomic E-state index is 13.7. The number of hydrogen-bond donors (Lipinski definition) is 7. The van der Waals surface area contributed by atoms with Crippen LogP contribution in [0.1, 0.15) is 69.1 Å². The molecule has 7 aromatic carbocycles. The SMILES string of the molecule is CC(NC(CN)c1ccc(F)cc1Br)c1ccc(C(F)(F)F)c(F)c1.NCCc1ccc(Br)c(Br)c1.NCCc1ccc(Cl)c(F)c1.NCCc1ccc(F)c(Cl)c1.NCCc1ccc(F)cc1Br.NCCc1ccc(F)cc1C(F)(F)F. The Morgan fingerprint density at radius 2 is 0.904 bits per heavy atom. The molecule has 0 aromatic heterocycles. The van der Waals surface area contributed by atoms with Crippen LogP contribution in [0.5, 0.6) is 0 Å². The number of alkyl halides is 6. The summed E-state index contributed by atoms with van der Waals surface area (Å²) in [5.41, 5.74) is 35.3. The van der Waals surface area contributed by atoms with Crippen molar-refractivity contribution in [3.05, 3.63) is 240 Å². The van der Waals surface area contributed by atoms with Gasteiger partial charge in [-0.25, -0.2) is 26.3 Å². The number of rotatable bonds is 15. The Bertz CT molecular complexity index is 2960. The lowest BCUT2D eigenvalue weighted by atomic mass is 10.0. The monoisotopic (exact) mass is 1470 g/mol. The number of benzene rings is 7. The Kier molecular flexibility index (Phi) is 34.5. The summed E-state index contributed by atoms with van der Waals surface area (Å²) in [5.74, 6) is -3.61. The molecule has 2 atom stereocenters. The lowest BCUT2D eigenvalue weighted by Crippen LogP contribution is -2.31. The zero-order valence-corrected chi connectivity index (χ0v) is 52.2. The second kappa shape index (κ2) is 38.2. The molecule has 13 N–H and O–H groups in total. The van der Waals surface area contributed by atoms with Gasteiger partial charge in [-0.15, -0.1) is 0 Å². The fourth-order valence-electron chi connectivity index (χ4n) is 7.15. The van der Waals surface area contributed by atoms with Gasteiger partial charge in [0.15, 0.2) is 0 Å². The Balaban J connectivity index is 0.000000353. The molecule has 7 aromatic rings. The fraction of sp³-hybridized carbons (Fsp3) is 0.276. The molecule has 7 rings (SSSR count). The Morgan fingerprint density at radius 3 is 1.39 bits per heavy atom. The quantitative estimate of drug-likeness (QED) is 0.0502. The number of nitrogens with one attached hydrogen (secondary N) is 1. The van der Waals surface area contributed by atoms with Crippen molar-refractivity contribution >= 4 is 86.9 Å². The Morgan fingerprint density at radius 1 is 0.422 bits per heavy atom. The highest BCUT2D eigenvalue weighted by atomic mass is 79.9. The van der Waals surface area contributed by atoms with Crippen molar-refractivity contribution in [1.29, 1.82) is 0 Å². The Labute approximate surface area is 518 Å².